The molecule has 0 aliphatic rings. The van der Waals surface area contributed by atoms with Crippen molar-refractivity contribution in [2.75, 3.05) is 5.32 Å². The number of fused-ring (bicyclic) bond motifs is 1. The van der Waals surface area contributed by atoms with Gasteiger partial charge >= 0.3 is 0 Å². The molecule has 154 valence electrons. The molecule has 0 saturated carbocycles. The minimum Gasteiger partial charge on any atom is -0.508 e. The van der Waals surface area contributed by atoms with Crippen molar-refractivity contribution in [3.8, 4) is 11.4 Å². The number of nitrogens with one attached hydrogen (secondary N) is 2. The second-order valence-electron chi connectivity index (χ2n) is 6.68. The van der Waals surface area contributed by atoms with E-state index in [9.17, 15) is 23.4 Å². The maximum Gasteiger partial charge on any atom is 0.256 e. The molecule has 0 aliphatic heterocycles. The molecule has 30 heavy (non-hydrogen) atoms. The summed E-state index contributed by atoms with van der Waals surface area (Å²) in [6.45, 7) is 0. The van der Waals surface area contributed by atoms with Gasteiger partial charge < -0.3 is 20.5 Å². The lowest BCUT2D eigenvalue weighted by Gasteiger charge is -2.13. The molecule has 10 heteroatoms. The number of benzene rings is 2. The van der Waals surface area contributed by atoms with Gasteiger partial charge in [0.05, 0.1) is 16.3 Å². The van der Waals surface area contributed by atoms with Crippen LogP contribution in [0.3, 0.4) is 0 Å². The summed E-state index contributed by atoms with van der Waals surface area (Å²) >= 11 is 0. The number of hydrogen-bond acceptors (Lipinski definition) is 6. The highest BCUT2D eigenvalue weighted by molar-refractivity contribution is 7.89. The van der Waals surface area contributed by atoms with Crippen LogP contribution in [0.25, 0.3) is 16.7 Å². The molecule has 2 heterocycles. The van der Waals surface area contributed by atoms with Crippen LogP contribution < -0.4 is 16.0 Å². The Balaban J connectivity index is 1.72. The summed E-state index contributed by atoms with van der Waals surface area (Å²) in [5.74, 6) is 0.0135. The number of primary sulfonamides is 1. The second-order valence-corrected chi connectivity index (χ2v) is 8.24. The van der Waals surface area contributed by atoms with Gasteiger partial charge in [0.15, 0.2) is 6.23 Å². The molecular formula is C20H18N4O5S. The monoisotopic (exact) mass is 426 g/mol. The first kappa shape index (κ1) is 19.7. The zero-order valence-corrected chi connectivity index (χ0v) is 16.3. The van der Waals surface area contributed by atoms with Crippen LogP contribution in [0.1, 0.15) is 11.9 Å². The Morgan fingerprint density at radius 2 is 1.80 bits per heavy atom. The van der Waals surface area contributed by atoms with Crippen LogP contribution in [0.15, 0.2) is 76.4 Å². The van der Waals surface area contributed by atoms with E-state index in [0.717, 1.165) is 0 Å². The van der Waals surface area contributed by atoms with E-state index in [4.69, 9.17) is 5.14 Å². The van der Waals surface area contributed by atoms with Gasteiger partial charge in [-0.05, 0) is 42.5 Å². The van der Waals surface area contributed by atoms with Crippen molar-refractivity contribution in [1.29, 1.82) is 0 Å². The predicted molar refractivity (Wildman–Crippen MR) is 112 cm³/mol. The number of aromatic hydroxyl groups is 1. The van der Waals surface area contributed by atoms with Crippen LogP contribution >= 0.6 is 0 Å². The summed E-state index contributed by atoms with van der Waals surface area (Å²) in [6, 6.07) is 16.7. The van der Waals surface area contributed by atoms with Gasteiger partial charge in [0.2, 0.25) is 10.0 Å². The van der Waals surface area contributed by atoms with Crippen LogP contribution in [0, 0.1) is 0 Å². The Morgan fingerprint density at radius 1 is 1.03 bits per heavy atom. The van der Waals surface area contributed by atoms with Gasteiger partial charge in [0, 0.05) is 23.2 Å². The number of nitrogens with zero attached hydrogens (tertiary/aromatic N) is 1. The first-order valence-electron chi connectivity index (χ1n) is 8.84. The van der Waals surface area contributed by atoms with Crippen molar-refractivity contribution in [3.05, 3.63) is 82.8 Å². The fourth-order valence-electron chi connectivity index (χ4n) is 3.17. The molecule has 0 fully saturated rings. The first-order valence-corrected chi connectivity index (χ1v) is 10.4. The number of aromatic nitrogens is 2. The maximum atomic E-state index is 12.5. The van der Waals surface area contributed by atoms with Crippen LogP contribution in [0.5, 0.6) is 5.75 Å². The van der Waals surface area contributed by atoms with Gasteiger partial charge in [0.25, 0.3) is 5.56 Å². The molecule has 0 radical (unpaired) electrons. The smallest absolute Gasteiger partial charge is 0.256 e. The number of aromatic amines is 1. The van der Waals surface area contributed by atoms with Crippen molar-refractivity contribution in [1.82, 2.24) is 9.55 Å². The summed E-state index contributed by atoms with van der Waals surface area (Å²) in [6.07, 6.45) is -1.22. The molecule has 2 aromatic carbocycles. The van der Waals surface area contributed by atoms with Crippen molar-refractivity contribution in [2.45, 2.75) is 11.1 Å². The van der Waals surface area contributed by atoms with Crippen LogP contribution in [-0.2, 0) is 10.0 Å². The van der Waals surface area contributed by atoms with Gasteiger partial charge in [-0.15, -0.1) is 0 Å². The predicted octanol–water partition coefficient (Wildman–Crippen LogP) is 1.77. The Labute approximate surface area is 171 Å². The largest absolute Gasteiger partial charge is 0.508 e. The topological polar surface area (TPSA) is 150 Å². The fourth-order valence-corrected chi connectivity index (χ4v) is 3.73. The standard InChI is InChI=1S/C20H18N4O5S/c21-30(28,29)16-6-1-3-13(10-16)22-20(27)17-9-12-7-8-18(26)24(19(12)23-17)14-4-2-5-15(25)11-14/h1-11,20,22-23,25,27H,(H2,21,28,29). The Bertz CT molecular complexity index is 1410. The number of aliphatic hydroxyl groups excluding tert-OH is 1. The Kier molecular flexibility index (Phi) is 4.82. The number of anilines is 1. The zero-order valence-electron chi connectivity index (χ0n) is 15.5. The third-order valence-corrected chi connectivity index (χ3v) is 5.46. The van der Waals surface area contributed by atoms with Crippen LogP contribution in [0.4, 0.5) is 5.69 Å². The molecule has 6 N–H and O–H groups in total. The van der Waals surface area contributed by atoms with E-state index in [-0.39, 0.29) is 16.2 Å². The van der Waals surface area contributed by atoms with Crippen molar-refractivity contribution < 1.29 is 18.6 Å². The van der Waals surface area contributed by atoms with Gasteiger partial charge in [-0.3, -0.25) is 9.36 Å². The number of aliphatic hydroxyl groups is 1. The van der Waals surface area contributed by atoms with Crippen LogP contribution in [0.2, 0.25) is 0 Å². The van der Waals surface area contributed by atoms with Crippen molar-refractivity contribution in [3.63, 3.8) is 0 Å². The van der Waals surface area contributed by atoms with Gasteiger partial charge in [-0.2, -0.15) is 0 Å². The highest BCUT2D eigenvalue weighted by atomic mass is 32.2. The van der Waals surface area contributed by atoms with E-state index >= 15 is 0 Å². The highest BCUT2D eigenvalue weighted by Crippen LogP contribution is 2.24. The first-order chi connectivity index (χ1) is 14.2. The third-order valence-electron chi connectivity index (χ3n) is 4.55. The SMILES string of the molecule is NS(=O)(=O)c1cccc(NC(O)c2cc3ccc(=O)n(-c4cccc(O)c4)c3[nH]2)c1. The van der Waals surface area contributed by atoms with Gasteiger partial charge in [0.1, 0.15) is 11.4 Å². The van der Waals surface area contributed by atoms with Gasteiger partial charge in [-0.1, -0.05) is 12.1 Å². The fraction of sp³-hybridized carbons (Fsp3) is 0.0500. The van der Waals surface area contributed by atoms with E-state index < -0.39 is 16.3 Å². The number of phenols is 1. The quantitative estimate of drug-likeness (QED) is 0.307. The molecule has 4 rings (SSSR count). The molecule has 1 atom stereocenters. The number of H-pyrrole nitrogens is 1. The summed E-state index contributed by atoms with van der Waals surface area (Å²) in [7, 11) is -3.88. The Morgan fingerprint density at radius 3 is 2.53 bits per heavy atom. The third kappa shape index (κ3) is 3.79. The van der Waals surface area contributed by atoms with E-state index in [1.54, 1.807) is 30.3 Å². The molecule has 0 saturated heterocycles. The van der Waals surface area contributed by atoms with Crippen LogP contribution in [-0.4, -0.2) is 28.2 Å². The summed E-state index contributed by atoms with van der Waals surface area (Å²) < 4.78 is 24.4. The molecule has 0 bridgehead atoms. The number of rotatable bonds is 5. The number of pyridine rings is 1. The lowest BCUT2D eigenvalue weighted by molar-refractivity contribution is 0.204. The summed E-state index contributed by atoms with van der Waals surface area (Å²) in [4.78, 5) is 15.4. The number of sulfonamides is 1. The molecule has 2 aromatic heterocycles. The second kappa shape index (κ2) is 7.34. The van der Waals surface area contributed by atoms with E-state index in [0.29, 0.717) is 28.1 Å². The highest BCUT2D eigenvalue weighted by Gasteiger charge is 2.15. The normalized spacial score (nSPS) is 12.7. The minimum absolute atomic E-state index is 0.0135. The number of hydrogen-bond donors (Lipinski definition) is 5. The van der Waals surface area contributed by atoms with Crippen molar-refractivity contribution in [2.24, 2.45) is 5.14 Å². The molecule has 9 nitrogen and oxygen atoms in total. The summed E-state index contributed by atoms with van der Waals surface area (Å²) in [5, 5.41) is 28.9. The van der Waals surface area contributed by atoms with Gasteiger partial charge in [-0.25, -0.2) is 13.6 Å². The molecule has 1 unspecified atom stereocenters. The van der Waals surface area contributed by atoms with E-state index in [2.05, 4.69) is 10.3 Å². The minimum atomic E-state index is -3.88. The molecule has 0 spiro atoms. The zero-order chi connectivity index (χ0) is 21.5. The molecular weight excluding hydrogens is 408 g/mol. The lowest BCUT2D eigenvalue weighted by atomic mass is 10.2. The molecule has 0 aliphatic carbocycles. The van der Waals surface area contributed by atoms with E-state index in [1.807, 2.05) is 0 Å². The average molecular weight is 426 g/mol. The molecule has 4 aromatic rings. The van der Waals surface area contributed by atoms with E-state index in [1.165, 1.54) is 41.0 Å². The Hall–Kier alpha value is -3.60. The summed E-state index contributed by atoms with van der Waals surface area (Å²) in [5.41, 5.74) is 1.28. The average Bonchev–Trinajstić information content (AvgIpc) is 3.12. The number of nitrogens with two attached hydrogens (primary N) is 1. The van der Waals surface area contributed by atoms with Crippen molar-refractivity contribution >= 4 is 26.7 Å². The molecule has 0 amide bonds. The number of phenolic OH excluding ortho intramolecular Hbond substituents is 1. The maximum absolute atomic E-state index is 12.5. The lowest BCUT2D eigenvalue weighted by Crippen LogP contribution is -2.17.